The molecule has 5 heterocycles. The first-order valence-electron chi connectivity index (χ1n) is 25.2. The summed E-state index contributed by atoms with van der Waals surface area (Å²) in [5.74, 6) is 4.66. The Morgan fingerprint density at radius 2 is 1.21 bits per heavy atom. The van der Waals surface area contributed by atoms with Crippen molar-refractivity contribution in [3.05, 3.63) is 73.3 Å². The van der Waals surface area contributed by atoms with Crippen molar-refractivity contribution >= 4 is 65.2 Å². The number of hydrogen-bond donors (Lipinski definition) is 2. The summed E-state index contributed by atoms with van der Waals surface area (Å²) in [6.07, 6.45) is 10.8. The lowest BCUT2D eigenvalue weighted by Gasteiger charge is -2.36. The van der Waals surface area contributed by atoms with E-state index >= 15 is 0 Å². The quantitative estimate of drug-likeness (QED) is 0.0459. The van der Waals surface area contributed by atoms with Gasteiger partial charge >= 0.3 is 10.2 Å². The number of nitrogens with one attached hydrogen (secondary N) is 1. The molecule has 23 heteroatoms. The fourth-order valence-corrected chi connectivity index (χ4v) is 10.3. The first-order valence-corrected chi connectivity index (χ1v) is 28.5. The van der Waals surface area contributed by atoms with Crippen LogP contribution in [0.5, 0.6) is 23.0 Å². The van der Waals surface area contributed by atoms with Crippen LogP contribution < -0.4 is 53.2 Å². The lowest BCUT2D eigenvalue weighted by molar-refractivity contribution is -0.511. The third kappa shape index (κ3) is 17.5. The van der Waals surface area contributed by atoms with Gasteiger partial charge in [-0.25, -0.2) is 13.1 Å². The van der Waals surface area contributed by atoms with Crippen molar-refractivity contribution in [1.82, 2.24) is 14.7 Å². The number of aromatic nitrogens is 3. The highest BCUT2D eigenvalue weighted by molar-refractivity contribution is 7.88. The van der Waals surface area contributed by atoms with Gasteiger partial charge in [0.15, 0.2) is 55.1 Å². The molecule has 2 aliphatic heterocycles. The van der Waals surface area contributed by atoms with Crippen molar-refractivity contribution in [2.45, 2.75) is 65.9 Å². The Morgan fingerprint density at radius 3 is 1.59 bits per heavy atom. The number of fused-ring (bicyclic) bond motifs is 2. The van der Waals surface area contributed by atoms with E-state index in [-0.39, 0.29) is 13.6 Å². The first-order chi connectivity index (χ1) is 36.0. The van der Waals surface area contributed by atoms with Crippen LogP contribution in [-0.4, -0.2) is 140 Å². The fraction of sp³-hybridized carbons (Fsp3) is 0.547. The van der Waals surface area contributed by atoms with Crippen molar-refractivity contribution in [3.8, 4) is 23.0 Å². The molecule has 0 spiro atoms. The molecule has 21 nitrogen and oxygen atoms in total. The zero-order valence-corrected chi connectivity index (χ0v) is 47.8. The fourth-order valence-electron chi connectivity index (χ4n) is 8.96. The highest BCUT2D eigenvalue weighted by Crippen LogP contribution is 2.39. The van der Waals surface area contributed by atoms with Crippen LogP contribution in [0.25, 0.3) is 21.8 Å². The van der Waals surface area contributed by atoms with E-state index in [9.17, 15) is 21.9 Å². The van der Waals surface area contributed by atoms with Crippen LogP contribution >= 0.6 is 0 Å². The van der Waals surface area contributed by atoms with E-state index in [0.29, 0.717) is 53.2 Å². The van der Waals surface area contributed by atoms with E-state index < -0.39 is 31.9 Å². The highest BCUT2D eigenvalue weighted by Gasteiger charge is 2.28. The maximum atomic E-state index is 11.9. The van der Waals surface area contributed by atoms with Crippen LogP contribution in [-0.2, 0) is 34.4 Å². The summed E-state index contributed by atoms with van der Waals surface area (Å²) in [4.78, 5) is 15.6. The number of methoxy groups -OCH3 is 4. The molecule has 2 aliphatic rings. The van der Waals surface area contributed by atoms with E-state index in [1.54, 1.807) is 61.3 Å². The van der Waals surface area contributed by atoms with Gasteiger partial charge in [-0.05, 0) is 80.2 Å². The molecule has 0 radical (unpaired) electrons. The molecule has 2 atom stereocenters. The zero-order valence-electron chi connectivity index (χ0n) is 46.1. The second kappa shape index (κ2) is 27.9. The predicted octanol–water partition coefficient (Wildman–Crippen LogP) is 5.33. The number of anilines is 3. The molecule has 2 saturated heterocycles. The zero-order chi connectivity index (χ0) is 55.8. The smallest absolute Gasteiger partial charge is 0.493 e. The Labute approximate surface area is 449 Å². The molecule has 0 saturated carbocycles. The molecule has 0 amide bonds. The minimum Gasteiger partial charge on any atom is -0.594 e. The maximum absolute atomic E-state index is 11.9. The molecule has 3 N–H and O–H groups in total. The van der Waals surface area contributed by atoms with Gasteiger partial charge in [0, 0.05) is 131 Å². The normalized spacial score (nSPS) is 15.7. The minimum atomic E-state index is -4.13. The Hall–Kier alpha value is -5.98. The van der Waals surface area contributed by atoms with Crippen LogP contribution in [0.4, 0.5) is 17.1 Å². The number of nitrogens with zero attached hydrogens (tertiary/aromatic N) is 7. The van der Waals surface area contributed by atoms with Crippen molar-refractivity contribution in [3.63, 3.8) is 0 Å². The second-order valence-corrected chi connectivity index (χ2v) is 23.4. The number of piperidine rings is 2. The Bertz CT molecular complexity index is 2890. The highest BCUT2D eigenvalue weighted by atomic mass is 32.2. The van der Waals surface area contributed by atoms with Crippen molar-refractivity contribution in [1.29, 1.82) is 0 Å². The molecule has 0 bridgehead atoms. The molecule has 2 unspecified atom stereocenters. The molecule has 5 aromatic rings. The van der Waals surface area contributed by atoms with Gasteiger partial charge in [-0.1, -0.05) is 43.0 Å². The van der Waals surface area contributed by atoms with Gasteiger partial charge in [-0.3, -0.25) is 9.97 Å². The number of benzene rings is 2. The van der Waals surface area contributed by atoms with Gasteiger partial charge in [0.2, 0.25) is 10.0 Å². The molecule has 7 rings (SSSR count). The summed E-state index contributed by atoms with van der Waals surface area (Å²) < 4.78 is 90.3. The van der Waals surface area contributed by atoms with Crippen LogP contribution in [0.1, 0.15) is 60.3 Å². The van der Waals surface area contributed by atoms with Crippen molar-refractivity contribution in [2.24, 2.45) is 33.8 Å². The number of ether oxygens (including phenoxy) is 7. The molecular formula is C53H79N9O12S2. The molecular weight excluding hydrogens is 1020 g/mol. The average Bonchev–Trinajstić information content (AvgIpc) is 3.39. The van der Waals surface area contributed by atoms with Gasteiger partial charge in [0.25, 0.3) is 0 Å². The van der Waals surface area contributed by atoms with Gasteiger partial charge in [0.05, 0.1) is 31.5 Å². The number of hydrogen-bond acceptors (Lipinski definition) is 18. The Kier molecular flexibility index (Phi) is 22.3. The monoisotopic (exact) mass is 1100 g/mol. The van der Waals surface area contributed by atoms with E-state index in [1.807, 2.05) is 61.7 Å². The molecule has 3 aromatic heterocycles. The van der Waals surface area contributed by atoms with Crippen LogP contribution in [0.3, 0.4) is 0 Å². The third-order valence-corrected chi connectivity index (χ3v) is 15.1. The molecule has 0 aliphatic carbocycles. The lowest BCUT2D eigenvalue weighted by Crippen LogP contribution is -2.43. The predicted molar refractivity (Wildman–Crippen MR) is 295 cm³/mol. The van der Waals surface area contributed by atoms with E-state index in [4.69, 9.17) is 38.9 Å². The van der Waals surface area contributed by atoms with Gasteiger partial charge in [-0.15, -0.1) is 8.42 Å². The Morgan fingerprint density at radius 1 is 0.763 bits per heavy atom. The number of pyridine rings is 3. The summed E-state index contributed by atoms with van der Waals surface area (Å²) in [7, 11) is 2.81. The Balaban J connectivity index is 0.000000215. The van der Waals surface area contributed by atoms with Gasteiger partial charge < -0.3 is 58.7 Å². The average molecular weight is 1100 g/mol. The number of rotatable bonds is 19. The topological polar surface area (TPSA) is 246 Å². The second-order valence-electron chi connectivity index (χ2n) is 20.1. The summed E-state index contributed by atoms with van der Waals surface area (Å²) >= 11 is 0. The summed E-state index contributed by atoms with van der Waals surface area (Å²) in [6.45, 7) is 14.7. The third-order valence-electron chi connectivity index (χ3n) is 13.2. The first kappa shape index (κ1) is 60.9. The maximum Gasteiger partial charge on any atom is 0.493 e. The number of sulfonamides is 1. The van der Waals surface area contributed by atoms with Gasteiger partial charge in [0.1, 0.15) is 0 Å². The molecule has 420 valence electrons. The lowest BCUT2D eigenvalue weighted by atomic mass is 9.85. The van der Waals surface area contributed by atoms with Crippen LogP contribution in [0, 0.1) is 23.7 Å². The standard InChI is InChI=1S/C21H31N3O5S.C20H29N3O3.C12H19N3O4S/c1-15(13-23-30(4,25)26)16-6-9-24(10-7-16)19-5-8-22-18-12-20(28-3)21(11-17(18)19)29-14-27-2;1-14(12-21)15-5-8-23(9-6-15)18-4-7-22-17-11-19(25-3)20(10-16(17)18)26-13-24-2;1-12(2,3)19-11(16)13-20(17,18)15-8-6-10(7-9-15)14(4)5/h5,8,11-12,15-16,23H,6-7,9-10,13-14H2,1-4H3;4,7,10-11,14-15H,5-6,8-9,12-13,21H2,1-3H3;6-9H,1-5H3. The van der Waals surface area contributed by atoms with Crippen LogP contribution in [0.15, 0.2) is 77.7 Å². The SMILES string of the molecule is CN(C)c1cc[n+](S(=O)(=O)N=C([O-])OC(C)(C)C)cc1.COCOc1cc2c(N3CCC(C(C)CN)CC3)ccnc2cc1OC.COCOc1cc2c(N3CCC(C(C)CNS(C)(=O)=O)CC3)ccnc2cc1OC. The summed E-state index contributed by atoms with van der Waals surface area (Å²) in [5.41, 5.74) is 9.94. The molecule has 76 heavy (non-hydrogen) atoms. The van der Waals surface area contributed by atoms with E-state index in [2.05, 4.69) is 48.8 Å². The van der Waals surface area contributed by atoms with Crippen LogP contribution in [0.2, 0.25) is 0 Å². The van der Waals surface area contributed by atoms with Crippen molar-refractivity contribution in [2.75, 3.05) is 116 Å². The van der Waals surface area contributed by atoms with E-state index in [1.165, 1.54) is 37.2 Å². The molecule has 2 fully saturated rings. The van der Waals surface area contributed by atoms with Gasteiger partial charge in [-0.2, -0.15) is 0 Å². The molecule has 2 aromatic carbocycles. The largest absolute Gasteiger partial charge is 0.594 e. The summed E-state index contributed by atoms with van der Waals surface area (Å²) in [6, 6.07) is 15.1. The number of nitrogens with two attached hydrogens (primary N) is 1. The minimum absolute atomic E-state index is 0.141. The van der Waals surface area contributed by atoms with E-state index in [0.717, 1.165) is 82.7 Å². The van der Waals surface area contributed by atoms with Crippen molar-refractivity contribution < 1.29 is 59.1 Å². The summed E-state index contributed by atoms with van der Waals surface area (Å²) in [5, 5.41) is 13.5.